The number of likely N-dealkylation sites (tertiary alicyclic amines) is 1. The van der Waals surface area contributed by atoms with Crippen molar-refractivity contribution < 1.29 is 19.7 Å². The van der Waals surface area contributed by atoms with Crippen molar-refractivity contribution in [2.45, 2.75) is 61.9 Å². The van der Waals surface area contributed by atoms with Gasteiger partial charge >= 0.3 is 0 Å². The first-order valence-electron chi connectivity index (χ1n) is 9.29. The van der Waals surface area contributed by atoms with E-state index in [2.05, 4.69) is 24.9 Å². The first-order valence-corrected chi connectivity index (χ1v) is 9.29. The average molecular weight is 345 g/mol. The monoisotopic (exact) mass is 345 g/mol. The molecule has 1 aromatic carbocycles. The van der Waals surface area contributed by atoms with E-state index in [1.165, 1.54) is 5.56 Å². The predicted molar refractivity (Wildman–Crippen MR) is 93.2 cm³/mol. The van der Waals surface area contributed by atoms with E-state index in [4.69, 9.17) is 9.47 Å². The van der Waals surface area contributed by atoms with Crippen LogP contribution in [-0.2, 0) is 11.8 Å². The fourth-order valence-corrected chi connectivity index (χ4v) is 6.73. The van der Waals surface area contributed by atoms with Crippen molar-refractivity contribution in [3.8, 4) is 11.5 Å². The second-order valence-corrected chi connectivity index (χ2v) is 8.84. The van der Waals surface area contributed by atoms with Gasteiger partial charge in [0.25, 0.3) is 0 Å². The zero-order valence-corrected chi connectivity index (χ0v) is 15.4. The Kier molecular flexibility index (Phi) is 2.87. The van der Waals surface area contributed by atoms with Crippen LogP contribution >= 0.6 is 0 Å². The minimum Gasteiger partial charge on any atom is -0.493 e. The van der Waals surface area contributed by atoms with Crippen LogP contribution in [0.25, 0.3) is 0 Å². The number of piperidine rings is 1. The van der Waals surface area contributed by atoms with Crippen molar-refractivity contribution in [2.24, 2.45) is 5.92 Å². The maximum absolute atomic E-state index is 12.2. The number of methoxy groups -OCH3 is 1. The largest absolute Gasteiger partial charge is 0.493 e. The summed E-state index contributed by atoms with van der Waals surface area (Å²) in [6, 6.07) is 4.12. The van der Waals surface area contributed by atoms with Crippen LogP contribution in [0.1, 0.15) is 37.8 Å². The normalized spacial score (nSPS) is 47.2. The molecule has 2 fully saturated rings. The third-order valence-corrected chi connectivity index (χ3v) is 7.62. The minimum absolute atomic E-state index is 0.0135. The van der Waals surface area contributed by atoms with Gasteiger partial charge < -0.3 is 24.6 Å². The zero-order chi connectivity index (χ0) is 17.8. The van der Waals surface area contributed by atoms with Gasteiger partial charge in [-0.2, -0.15) is 0 Å². The van der Waals surface area contributed by atoms with Gasteiger partial charge in [0, 0.05) is 11.6 Å². The molecule has 2 aliphatic heterocycles. The summed E-state index contributed by atoms with van der Waals surface area (Å²) in [5.41, 5.74) is -0.134. The maximum atomic E-state index is 12.2. The molecule has 1 saturated carbocycles. The van der Waals surface area contributed by atoms with Crippen molar-refractivity contribution in [1.82, 2.24) is 4.90 Å². The third-order valence-electron chi connectivity index (χ3n) is 7.62. The van der Waals surface area contributed by atoms with Crippen molar-refractivity contribution in [3.63, 3.8) is 0 Å². The molecule has 5 rings (SSSR count). The van der Waals surface area contributed by atoms with Gasteiger partial charge in [-0.1, -0.05) is 13.0 Å². The predicted octanol–water partition coefficient (Wildman–Crippen LogP) is 1.48. The molecule has 2 N–H and O–H groups in total. The Labute approximate surface area is 148 Å². The van der Waals surface area contributed by atoms with E-state index in [-0.39, 0.29) is 12.0 Å². The number of likely N-dealkylation sites (N-methyl/N-ethyl adjacent to an activating group) is 1. The summed E-state index contributed by atoms with van der Waals surface area (Å²) in [4.78, 5) is 2.30. The number of aliphatic hydroxyl groups is 2. The molecule has 0 aromatic heterocycles. The molecule has 0 amide bonds. The summed E-state index contributed by atoms with van der Waals surface area (Å²) in [5.74, 6) is 1.42. The topological polar surface area (TPSA) is 62.2 Å². The number of hydrogen-bond donors (Lipinski definition) is 2. The lowest BCUT2D eigenvalue weighted by atomic mass is 9.44. The van der Waals surface area contributed by atoms with E-state index in [9.17, 15) is 10.2 Å². The summed E-state index contributed by atoms with van der Waals surface area (Å²) in [6.07, 6.45) is 1.69. The Bertz CT molecular complexity index is 762. The molecule has 0 radical (unpaired) electrons. The molecule has 4 unspecified atom stereocenters. The fraction of sp³-hybridized carbons (Fsp3) is 0.700. The van der Waals surface area contributed by atoms with Gasteiger partial charge in [0.1, 0.15) is 6.10 Å². The number of rotatable bonds is 1. The summed E-state index contributed by atoms with van der Waals surface area (Å²) in [6.45, 7) is 4.84. The molecular formula is C20H27NO4. The summed E-state index contributed by atoms with van der Waals surface area (Å²) < 4.78 is 12.0. The summed E-state index contributed by atoms with van der Waals surface area (Å²) >= 11 is 0. The number of hydrogen-bond acceptors (Lipinski definition) is 5. The molecule has 1 saturated heterocycles. The van der Waals surface area contributed by atoms with Crippen LogP contribution in [0.2, 0.25) is 0 Å². The SMILES string of the molecule is COc1ccc2c3c1O[C@H]1C(C)(O)CC(C)[C@@]4(O)C(C2)N(C)CCC314. The standard InChI is InChI=1S/C20H27NO4/c1-11-10-18(2,22)17-19-7-8-21(3)14(20(11,19)23)9-12-5-6-13(24-4)16(25-17)15(12)19/h5-6,11,14,17,22-23H,7-10H2,1-4H3/t11?,14?,17-,18?,19?,20+/m0/s1. The van der Waals surface area contributed by atoms with Crippen LogP contribution < -0.4 is 9.47 Å². The van der Waals surface area contributed by atoms with E-state index < -0.39 is 22.7 Å². The van der Waals surface area contributed by atoms with Gasteiger partial charge in [-0.25, -0.2) is 0 Å². The first kappa shape index (κ1) is 15.9. The van der Waals surface area contributed by atoms with E-state index in [1.807, 2.05) is 13.0 Å². The molecule has 2 heterocycles. The molecule has 5 heteroatoms. The van der Waals surface area contributed by atoms with Crippen LogP contribution in [0.5, 0.6) is 11.5 Å². The van der Waals surface area contributed by atoms with Gasteiger partial charge in [0.05, 0.1) is 23.7 Å². The van der Waals surface area contributed by atoms with Gasteiger partial charge in [-0.15, -0.1) is 0 Å². The second-order valence-electron chi connectivity index (χ2n) is 8.84. The fourth-order valence-electron chi connectivity index (χ4n) is 6.73. The Balaban J connectivity index is 1.87. The van der Waals surface area contributed by atoms with Crippen LogP contribution in [0, 0.1) is 5.92 Å². The van der Waals surface area contributed by atoms with Crippen molar-refractivity contribution in [1.29, 1.82) is 0 Å². The molecule has 6 atom stereocenters. The molecule has 5 nitrogen and oxygen atoms in total. The number of ether oxygens (including phenoxy) is 2. The smallest absolute Gasteiger partial charge is 0.166 e. The lowest BCUT2D eigenvalue weighted by molar-refractivity contribution is -0.252. The molecule has 2 aliphatic carbocycles. The van der Waals surface area contributed by atoms with Gasteiger partial charge in [-0.05, 0) is 57.3 Å². The lowest BCUT2D eigenvalue weighted by Gasteiger charge is -2.67. The summed E-state index contributed by atoms with van der Waals surface area (Å²) in [7, 11) is 3.75. The highest BCUT2D eigenvalue weighted by molar-refractivity contribution is 5.63. The van der Waals surface area contributed by atoms with E-state index in [0.717, 1.165) is 30.7 Å². The minimum atomic E-state index is -0.981. The Morgan fingerprint density at radius 3 is 2.80 bits per heavy atom. The second kappa shape index (κ2) is 4.51. The molecule has 4 aliphatic rings. The first-order chi connectivity index (χ1) is 11.8. The molecular weight excluding hydrogens is 318 g/mol. The van der Waals surface area contributed by atoms with E-state index in [1.54, 1.807) is 7.11 Å². The Hall–Kier alpha value is -1.30. The highest BCUT2D eigenvalue weighted by Crippen LogP contribution is 2.68. The van der Waals surface area contributed by atoms with Gasteiger partial charge in [0.15, 0.2) is 11.5 Å². The third kappa shape index (κ3) is 1.53. The highest BCUT2D eigenvalue weighted by Gasteiger charge is 2.76. The molecule has 1 spiro atoms. The van der Waals surface area contributed by atoms with Crippen molar-refractivity contribution in [2.75, 3.05) is 20.7 Å². The summed E-state index contributed by atoms with van der Waals surface area (Å²) in [5, 5.41) is 23.5. The molecule has 25 heavy (non-hydrogen) atoms. The zero-order valence-electron chi connectivity index (χ0n) is 15.4. The highest BCUT2D eigenvalue weighted by atomic mass is 16.5. The van der Waals surface area contributed by atoms with Crippen LogP contribution in [0.4, 0.5) is 0 Å². The molecule has 2 bridgehead atoms. The van der Waals surface area contributed by atoms with Crippen LogP contribution in [0.15, 0.2) is 12.1 Å². The quantitative estimate of drug-likeness (QED) is 0.807. The van der Waals surface area contributed by atoms with Gasteiger partial charge in [-0.3, -0.25) is 0 Å². The van der Waals surface area contributed by atoms with E-state index in [0.29, 0.717) is 12.2 Å². The van der Waals surface area contributed by atoms with Crippen molar-refractivity contribution >= 4 is 0 Å². The maximum Gasteiger partial charge on any atom is 0.166 e. The van der Waals surface area contributed by atoms with Gasteiger partial charge in [0.2, 0.25) is 0 Å². The van der Waals surface area contributed by atoms with Crippen LogP contribution in [-0.4, -0.2) is 59.2 Å². The van der Waals surface area contributed by atoms with Crippen LogP contribution in [0.3, 0.4) is 0 Å². The lowest BCUT2D eigenvalue weighted by Crippen LogP contribution is -2.80. The molecule has 136 valence electrons. The van der Waals surface area contributed by atoms with E-state index >= 15 is 0 Å². The number of benzene rings is 1. The molecule has 1 aromatic rings. The Morgan fingerprint density at radius 2 is 2.08 bits per heavy atom. The Morgan fingerprint density at radius 1 is 1.32 bits per heavy atom. The van der Waals surface area contributed by atoms with Crippen molar-refractivity contribution in [3.05, 3.63) is 23.3 Å². The average Bonchev–Trinajstić information content (AvgIpc) is 2.91. The number of nitrogens with zero attached hydrogens (tertiary/aromatic N) is 1.